The van der Waals surface area contributed by atoms with Crippen LogP contribution in [-0.2, 0) is 6.37 Å². The number of fused-ring (bicyclic) bond motifs is 5. The minimum atomic E-state index is -1.45. The third kappa shape index (κ3) is 3.17. The van der Waals surface area contributed by atoms with Gasteiger partial charge in [0.2, 0.25) is 0 Å². The maximum atomic E-state index is 8.49. The maximum Gasteiger partial charge on any atom is 0.149 e. The zero-order chi connectivity index (χ0) is 25.3. The molecule has 0 aliphatic heterocycles. The summed E-state index contributed by atoms with van der Waals surface area (Å²) in [6.45, 7) is 3.78. The van der Waals surface area contributed by atoms with E-state index < -0.39 is 6.37 Å². The zero-order valence-corrected chi connectivity index (χ0v) is 19.4. The maximum absolute atomic E-state index is 8.49. The summed E-state index contributed by atoms with van der Waals surface area (Å²) >= 11 is 0. The fraction of sp³-hybridized carbons (Fsp3) is 0.129. The predicted molar refractivity (Wildman–Crippen MR) is 142 cm³/mol. The second-order valence-electron chi connectivity index (χ2n) is 9.20. The second-order valence-corrected chi connectivity index (χ2v) is 9.20. The molecule has 0 saturated heterocycles. The molecule has 7 aromatic rings. The number of aromatic nitrogens is 2. The average molecular weight is 459 g/mol. The molecule has 7 rings (SSSR count). The lowest BCUT2D eigenvalue weighted by Gasteiger charge is -2.09. The van der Waals surface area contributed by atoms with Crippen LogP contribution in [0.2, 0.25) is 0 Å². The van der Waals surface area contributed by atoms with Gasteiger partial charge in [-0.25, -0.2) is 4.98 Å². The number of hydrogen-bond acceptors (Lipinski definition) is 3. The molecule has 4 aromatic carbocycles. The molecular formula is C31H24N2O2. The van der Waals surface area contributed by atoms with E-state index in [4.69, 9.17) is 16.6 Å². The van der Waals surface area contributed by atoms with Crippen molar-refractivity contribution in [3.63, 3.8) is 0 Å². The van der Waals surface area contributed by atoms with Crippen LogP contribution < -0.4 is 0 Å². The highest BCUT2D eigenvalue weighted by Crippen LogP contribution is 2.37. The summed E-state index contributed by atoms with van der Waals surface area (Å²) in [4.78, 5) is 5.00. The molecule has 35 heavy (non-hydrogen) atoms. The number of nitrogens with zero attached hydrogens (tertiary/aromatic N) is 2. The Hall–Kier alpha value is -4.31. The van der Waals surface area contributed by atoms with E-state index in [0.29, 0.717) is 11.1 Å². The lowest BCUT2D eigenvalue weighted by atomic mass is 10.0. The van der Waals surface area contributed by atoms with Crippen molar-refractivity contribution in [1.82, 2.24) is 9.55 Å². The summed E-state index contributed by atoms with van der Waals surface area (Å²) in [5.41, 5.74) is 6.59. The number of hydrogen-bond donors (Lipinski definition) is 0. The van der Waals surface area contributed by atoms with Crippen LogP contribution in [0.1, 0.15) is 22.2 Å². The molecule has 0 fully saturated rings. The largest absolute Gasteiger partial charge is 0.464 e. The Bertz CT molecular complexity index is 1960. The second kappa shape index (κ2) is 7.60. The van der Waals surface area contributed by atoms with Crippen LogP contribution in [0, 0.1) is 5.92 Å². The highest BCUT2D eigenvalue weighted by molar-refractivity contribution is 6.05. The molecule has 4 heteroatoms. The highest BCUT2D eigenvalue weighted by Gasteiger charge is 2.19. The zero-order valence-electron chi connectivity index (χ0n) is 21.4. The molecule has 0 saturated carbocycles. The molecule has 0 bridgehead atoms. The summed E-state index contributed by atoms with van der Waals surface area (Å²) in [5, 5.41) is 3.06. The molecule has 170 valence electrons. The third-order valence-electron chi connectivity index (χ3n) is 6.45. The van der Waals surface area contributed by atoms with Crippen LogP contribution in [0.5, 0.6) is 0 Å². The lowest BCUT2D eigenvalue weighted by molar-refractivity contribution is 0.613. The summed E-state index contributed by atoms with van der Waals surface area (Å²) in [5.74, 6) is 0.603. The summed E-state index contributed by atoms with van der Waals surface area (Å²) in [6, 6.07) is 28.0. The van der Waals surface area contributed by atoms with Crippen LogP contribution >= 0.6 is 0 Å². The molecule has 0 amide bonds. The Kier molecular flexibility index (Phi) is 3.93. The minimum Gasteiger partial charge on any atom is -0.464 e. The van der Waals surface area contributed by atoms with Gasteiger partial charge in [-0.1, -0.05) is 56.3 Å². The number of furan rings is 2. The summed E-state index contributed by atoms with van der Waals surface area (Å²) in [6.07, 6.45) is 0.271. The Morgan fingerprint density at radius 1 is 0.829 bits per heavy atom. The molecule has 0 unspecified atom stereocenters. The number of imidazole rings is 1. The molecule has 0 atom stereocenters. The third-order valence-corrected chi connectivity index (χ3v) is 6.45. The van der Waals surface area contributed by atoms with Gasteiger partial charge in [-0.05, 0) is 54.3 Å². The van der Waals surface area contributed by atoms with Gasteiger partial charge in [0.1, 0.15) is 28.8 Å². The predicted octanol–water partition coefficient (Wildman–Crippen LogP) is 8.54. The van der Waals surface area contributed by atoms with Crippen molar-refractivity contribution in [3.05, 3.63) is 96.8 Å². The molecule has 3 aromatic heterocycles. The van der Waals surface area contributed by atoms with Gasteiger partial charge in [0, 0.05) is 25.0 Å². The van der Waals surface area contributed by atoms with Crippen LogP contribution in [-0.4, -0.2) is 9.55 Å². The van der Waals surface area contributed by atoms with Gasteiger partial charge in [-0.3, -0.25) is 4.57 Å². The van der Waals surface area contributed by atoms with Crippen molar-refractivity contribution in [2.24, 2.45) is 5.92 Å². The van der Waals surface area contributed by atoms with Crippen molar-refractivity contribution < 1.29 is 11.6 Å². The van der Waals surface area contributed by atoms with Crippen molar-refractivity contribution in [1.29, 1.82) is 0 Å². The van der Waals surface area contributed by atoms with E-state index in [9.17, 15) is 0 Å². The van der Waals surface area contributed by atoms with Gasteiger partial charge in [-0.15, -0.1) is 0 Å². The standard InChI is InChI=1S/C31H24N2O2/c1-19(2)15-20-11-13-24-25(18-34-29(24)16-20)31-32-26-8-4-5-9-27(26)33(31)21-12-14-23-22-7-3-6-10-28(22)35-30(23)17-21/h3-14,16-19H,15H2,1-2H3/i15D2. The molecule has 0 aliphatic rings. The van der Waals surface area contributed by atoms with Gasteiger partial charge in [0.25, 0.3) is 0 Å². The van der Waals surface area contributed by atoms with Crippen LogP contribution in [0.4, 0.5) is 0 Å². The summed E-state index contributed by atoms with van der Waals surface area (Å²) < 4.78 is 31.3. The first-order valence-electron chi connectivity index (χ1n) is 12.8. The van der Waals surface area contributed by atoms with Crippen molar-refractivity contribution >= 4 is 43.9 Å². The topological polar surface area (TPSA) is 44.1 Å². The SMILES string of the molecule is [2H]C([2H])(c1ccc2c(-c3nc4ccccc4n3-c3ccc4c(c3)oc3ccccc34)coc2c1)C(C)C. The first kappa shape index (κ1) is 18.1. The summed E-state index contributed by atoms with van der Waals surface area (Å²) in [7, 11) is 0. The van der Waals surface area contributed by atoms with E-state index in [1.807, 2.05) is 68.4 Å². The van der Waals surface area contributed by atoms with E-state index in [0.717, 1.165) is 55.4 Å². The number of benzene rings is 4. The van der Waals surface area contributed by atoms with Gasteiger partial charge in [-0.2, -0.15) is 0 Å². The van der Waals surface area contributed by atoms with Crippen LogP contribution in [0.3, 0.4) is 0 Å². The van der Waals surface area contributed by atoms with Gasteiger partial charge >= 0.3 is 0 Å². The molecule has 4 nitrogen and oxygen atoms in total. The number of para-hydroxylation sites is 3. The lowest BCUT2D eigenvalue weighted by Crippen LogP contribution is -1.97. The fourth-order valence-electron chi connectivity index (χ4n) is 4.95. The van der Waals surface area contributed by atoms with Crippen molar-refractivity contribution in [2.45, 2.75) is 20.2 Å². The van der Waals surface area contributed by atoms with E-state index in [1.54, 1.807) is 6.26 Å². The Morgan fingerprint density at radius 2 is 1.63 bits per heavy atom. The quantitative estimate of drug-likeness (QED) is 0.265. The van der Waals surface area contributed by atoms with E-state index in [2.05, 4.69) is 34.9 Å². The number of rotatable bonds is 4. The minimum absolute atomic E-state index is 0.156. The van der Waals surface area contributed by atoms with Crippen LogP contribution in [0.15, 0.2) is 100 Å². The Morgan fingerprint density at radius 3 is 2.54 bits per heavy atom. The normalized spacial score (nSPS) is 13.3. The first-order chi connectivity index (χ1) is 17.9. The molecule has 0 N–H and O–H groups in total. The monoisotopic (exact) mass is 458 g/mol. The molecule has 0 radical (unpaired) electrons. The van der Waals surface area contributed by atoms with Gasteiger partial charge in [0.15, 0.2) is 0 Å². The van der Waals surface area contributed by atoms with E-state index in [1.165, 1.54) is 0 Å². The smallest absolute Gasteiger partial charge is 0.149 e. The Balaban J connectivity index is 1.45. The van der Waals surface area contributed by atoms with Crippen LogP contribution in [0.25, 0.3) is 61.0 Å². The van der Waals surface area contributed by atoms with E-state index >= 15 is 0 Å². The molecular weight excluding hydrogens is 432 g/mol. The molecule has 3 heterocycles. The highest BCUT2D eigenvalue weighted by atomic mass is 16.3. The van der Waals surface area contributed by atoms with Crippen molar-refractivity contribution in [2.75, 3.05) is 0 Å². The van der Waals surface area contributed by atoms with Gasteiger partial charge < -0.3 is 8.83 Å². The average Bonchev–Trinajstić information content (AvgIpc) is 3.60. The van der Waals surface area contributed by atoms with E-state index in [-0.39, 0.29) is 5.92 Å². The van der Waals surface area contributed by atoms with Crippen molar-refractivity contribution in [3.8, 4) is 17.1 Å². The Labute approximate surface area is 205 Å². The first-order valence-corrected chi connectivity index (χ1v) is 11.8. The fourth-order valence-corrected chi connectivity index (χ4v) is 4.95. The van der Waals surface area contributed by atoms with Gasteiger partial charge in [0.05, 0.1) is 22.3 Å². The molecule has 0 spiro atoms. The molecule has 0 aliphatic carbocycles.